The Morgan fingerprint density at radius 1 is 1.63 bits per heavy atom. The van der Waals surface area contributed by atoms with Gasteiger partial charge in [-0.15, -0.1) is 0 Å². The molecule has 6 nitrogen and oxygen atoms in total. The van der Waals surface area contributed by atoms with Crippen LogP contribution in [-0.2, 0) is 16.1 Å². The monoisotopic (exact) mass is 266 g/mol. The molecule has 1 unspecified atom stereocenters. The van der Waals surface area contributed by atoms with Crippen LogP contribution in [0, 0.1) is 0 Å². The predicted octanol–water partition coefficient (Wildman–Crippen LogP) is 0.999. The number of nitrogens with one attached hydrogen (secondary N) is 2. The number of anilines is 1. The van der Waals surface area contributed by atoms with Crippen molar-refractivity contribution < 1.29 is 9.53 Å². The summed E-state index contributed by atoms with van der Waals surface area (Å²) in [6.07, 6.45) is 5.78. The smallest absolute Gasteiger partial charge is 0.241 e. The topological polar surface area (TPSA) is 68.2 Å². The molecule has 19 heavy (non-hydrogen) atoms. The van der Waals surface area contributed by atoms with Gasteiger partial charge in [0, 0.05) is 24.9 Å². The molecule has 0 radical (unpaired) electrons. The first-order valence-electron chi connectivity index (χ1n) is 6.83. The fourth-order valence-corrected chi connectivity index (χ4v) is 1.79. The van der Waals surface area contributed by atoms with Gasteiger partial charge in [-0.2, -0.15) is 5.10 Å². The summed E-state index contributed by atoms with van der Waals surface area (Å²) < 4.78 is 6.98. The van der Waals surface area contributed by atoms with E-state index in [1.807, 2.05) is 20.0 Å². The van der Waals surface area contributed by atoms with Gasteiger partial charge in [0.15, 0.2) is 0 Å². The van der Waals surface area contributed by atoms with Crippen LogP contribution in [0.3, 0.4) is 0 Å². The molecule has 0 aliphatic heterocycles. The summed E-state index contributed by atoms with van der Waals surface area (Å²) in [4.78, 5) is 11.6. The van der Waals surface area contributed by atoms with Crippen molar-refractivity contribution in [3.63, 3.8) is 0 Å². The van der Waals surface area contributed by atoms with E-state index in [9.17, 15) is 4.79 Å². The number of ether oxygens (including phenoxy) is 1. The molecule has 1 aliphatic carbocycles. The van der Waals surface area contributed by atoms with Crippen molar-refractivity contribution in [2.75, 3.05) is 18.5 Å². The van der Waals surface area contributed by atoms with Gasteiger partial charge in [0.2, 0.25) is 5.91 Å². The summed E-state index contributed by atoms with van der Waals surface area (Å²) in [5.74, 6) is 0.0273. The lowest BCUT2D eigenvalue weighted by Gasteiger charge is -2.12. The van der Waals surface area contributed by atoms with Gasteiger partial charge in [-0.25, -0.2) is 0 Å². The van der Waals surface area contributed by atoms with Crippen LogP contribution in [0.15, 0.2) is 12.4 Å². The van der Waals surface area contributed by atoms with Gasteiger partial charge >= 0.3 is 0 Å². The highest BCUT2D eigenvalue weighted by atomic mass is 16.5. The summed E-state index contributed by atoms with van der Waals surface area (Å²) in [6.45, 7) is 5.67. The highest BCUT2D eigenvalue weighted by Gasteiger charge is 2.23. The molecule has 1 amide bonds. The first-order chi connectivity index (χ1) is 9.17. The largest absolute Gasteiger partial charge is 0.380 e. The fourth-order valence-electron chi connectivity index (χ4n) is 1.79. The maximum absolute atomic E-state index is 11.6. The van der Waals surface area contributed by atoms with E-state index < -0.39 is 0 Å². The first kappa shape index (κ1) is 13.9. The Morgan fingerprint density at radius 2 is 2.42 bits per heavy atom. The van der Waals surface area contributed by atoms with Crippen molar-refractivity contribution in [2.45, 2.75) is 45.3 Å². The van der Waals surface area contributed by atoms with Gasteiger partial charge < -0.3 is 15.4 Å². The van der Waals surface area contributed by atoms with Crippen molar-refractivity contribution in [3.05, 3.63) is 12.4 Å². The van der Waals surface area contributed by atoms with Crippen molar-refractivity contribution >= 4 is 11.6 Å². The molecule has 0 saturated heterocycles. The third kappa shape index (κ3) is 4.90. The molecule has 2 rings (SSSR count). The molecule has 2 N–H and O–H groups in total. The molecule has 0 bridgehead atoms. The van der Waals surface area contributed by atoms with Crippen LogP contribution in [0.4, 0.5) is 5.69 Å². The molecule has 0 spiro atoms. The van der Waals surface area contributed by atoms with E-state index in [0.717, 1.165) is 18.5 Å². The fraction of sp³-hybridized carbons (Fsp3) is 0.692. The highest BCUT2D eigenvalue weighted by Crippen LogP contribution is 2.18. The third-order valence-electron chi connectivity index (χ3n) is 2.87. The molecule has 1 aromatic heterocycles. The quantitative estimate of drug-likeness (QED) is 0.736. The molecular weight excluding hydrogens is 244 g/mol. The Hall–Kier alpha value is -1.56. The number of carbonyl (C=O) groups excluding carboxylic acids is 1. The van der Waals surface area contributed by atoms with Crippen LogP contribution < -0.4 is 10.6 Å². The van der Waals surface area contributed by atoms with E-state index in [4.69, 9.17) is 4.74 Å². The Kier molecular flexibility index (Phi) is 4.79. The number of aromatic nitrogens is 2. The van der Waals surface area contributed by atoms with Gasteiger partial charge in [-0.3, -0.25) is 9.48 Å². The first-order valence-corrected chi connectivity index (χ1v) is 6.83. The SMILES string of the molecule is CCOCC(C)Nc1cnn(CC(=O)NC2CC2)c1. The molecule has 1 saturated carbocycles. The summed E-state index contributed by atoms with van der Waals surface area (Å²) in [5, 5.41) is 10.4. The normalized spacial score (nSPS) is 16.1. The Morgan fingerprint density at radius 3 is 3.11 bits per heavy atom. The Balaban J connectivity index is 1.75. The second kappa shape index (κ2) is 6.56. The maximum atomic E-state index is 11.6. The summed E-state index contributed by atoms with van der Waals surface area (Å²) in [5.41, 5.74) is 0.909. The zero-order valence-electron chi connectivity index (χ0n) is 11.6. The maximum Gasteiger partial charge on any atom is 0.241 e. The molecule has 106 valence electrons. The van der Waals surface area contributed by atoms with Crippen LogP contribution >= 0.6 is 0 Å². The molecular formula is C13H22N4O2. The van der Waals surface area contributed by atoms with Crippen LogP contribution in [0.2, 0.25) is 0 Å². The number of rotatable bonds is 8. The van der Waals surface area contributed by atoms with Gasteiger partial charge in [0.1, 0.15) is 6.54 Å². The lowest BCUT2D eigenvalue weighted by molar-refractivity contribution is -0.122. The van der Waals surface area contributed by atoms with Crippen LogP contribution in [-0.4, -0.2) is 41.0 Å². The van der Waals surface area contributed by atoms with Gasteiger partial charge in [-0.05, 0) is 26.7 Å². The lowest BCUT2D eigenvalue weighted by atomic mass is 10.3. The van der Waals surface area contributed by atoms with E-state index in [2.05, 4.69) is 15.7 Å². The molecule has 1 fully saturated rings. The molecule has 1 heterocycles. The zero-order valence-corrected chi connectivity index (χ0v) is 11.6. The van der Waals surface area contributed by atoms with Crippen LogP contribution in [0.25, 0.3) is 0 Å². The number of carbonyl (C=O) groups is 1. The van der Waals surface area contributed by atoms with Crippen molar-refractivity contribution in [2.24, 2.45) is 0 Å². The molecule has 6 heteroatoms. The number of hydrogen-bond acceptors (Lipinski definition) is 4. The predicted molar refractivity (Wildman–Crippen MR) is 73.0 cm³/mol. The van der Waals surface area contributed by atoms with E-state index in [0.29, 0.717) is 19.3 Å². The summed E-state index contributed by atoms with van der Waals surface area (Å²) in [6, 6.07) is 0.616. The molecule has 1 aromatic rings. The minimum Gasteiger partial charge on any atom is -0.380 e. The van der Waals surface area contributed by atoms with E-state index in [1.54, 1.807) is 10.9 Å². The average molecular weight is 266 g/mol. The molecule has 1 aliphatic rings. The number of amides is 1. The summed E-state index contributed by atoms with van der Waals surface area (Å²) >= 11 is 0. The van der Waals surface area contributed by atoms with E-state index in [-0.39, 0.29) is 18.5 Å². The Labute approximate surface area is 113 Å². The summed E-state index contributed by atoms with van der Waals surface area (Å²) in [7, 11) is 0. The minimum atomic E-state index is 0.0273. The van der Waals surface area contributed by atoms with Gasteiger partial charge in [0.05, 0.1) is 18.5 Å². The second-order valence-corrected chi connectivity index (χ2v) is 4.97. The van der Waals surface area contributed by atoms with Gasteiger partial charge in [0.25, 0.3) is 0 Å². The van der Waals surface area contributed by atoms with Crippen molar-refractivity contribution in [3.8, 4) is 0 Å². The van der Waals surface area contributed by atoms with Crippen molar-refractivity contribution in [1.29, 1.82) is 0 Å². The molecule has 1 atom stereocenters. The number of nitrogens with zero attached hydrogens (tertiary/aromatic N) is 2. The van der Waals surface area contributed by atoms with Gasteiger partial charge in [-0.1, -0.05) is 0 Å². The highest BCUT2D eigenvalue weighted by molar-refractivity contribution is 5.76. The van der Waals surface area contributed by atoms with E-state index in [1.165, 1.54) is 0 Å². The third-order valence-corrected chi connectivity index (χ3v) is 2.87. The van der Waals surface area contributed by atoms with Crippen LogP contribution in [0.5, 0.6) is 0 Å². The standard InChI is InChI=1S/C13H22N4O2/c1-3-19-9-10(2)15-12-6-14-17(7-12)8-13(18)16-11-4-5-11/h6-7,10-11,15H,3-5,8-9H2,1-2H3,(H,16,18). The number of hydrogen-bond donors (Lipinski definition) is 2. The molecule has 0 aromatic carbocycles. The Bertz CT molecular complexity index is 415. The lowest BCUT2D eigenvalue weighted by Crippen LogP contribution is -2.29. The second-order valence-electron chi connectivity index (χ2n) is 4.97. The average Bonchev–Trinajstić information content (AvgIpc) is 3.07. The van der Waals surface area contributed by atoms with Crippen molar-refractivity contribution in [1.82, 2.24) is 15.1 Å². The van der Waals surface area contributed by atoms with Crippen LogP contribution in [0.1, 0.15) is 26.7 Å². The van der Waals surface area contributed by atoms with E-state index >= 15 is 0 Å². The zero-order chi connectivity index (χ0) is 13.7. The minimum absolute atomic E-state index is 0.0273.